The topological polar surface area (TPSA) is 115 Å². The third-order valence-corrected chi connectivity index (χ3v) is 4.40. The molecule has 1 aromatic heterocycles. The number of aromatic nitrogens is 2. The van der Waals surface area contributed by atoms with Gasteiger partial charge < -0.3 is 14.5 Å². The lowest BCUT2D eigenvalue weighted by atomic mass is 10.1. The van der Waals surface area contributed by atoms with Crippen LogP contribution in [0, 0.1) is 0 Å². The molecule has 4 rings (SSSR count). The Balaban J connectivity index is 1.46. The molecule has 1 aliphatic heterocycles. The number of anilines is 2. The number of benzene rings is 2. The van der Waals surface area contributed by atoms with Gasteiger partial charge in [-0.3, -0.25) is 14.5 Å². The predicted molar refractivity (Wildman–Crippen MR) is 102 cm³/mol. The van der Waals surface area contributed by atoms with E-state index < -0.39 is 18.0 Å². The van der Waals surface area contributed by atoms with Crippen molar-refractivity contribution < 1.29 is 23.5 Å². The van der Waals surface area contributed by atoms with Crippen molar-refractivity contribution in [1.82, 2.24) is 10.2 Å². The van der Waals surface area contributed by atoms with Crippen LogP contribution in [0.1, 0.15) is 17.3 Å². The average Bonchev–Trinajstić information content (AvgIpc) is 3.27. The van der Waals surface area contributed by atoms with Crippen LogP contribution in [-0.2, 0) is 14.3 Å². The SMILES string of the molecule is C[C@@H](OC(=O)c1ccc(-c2nnco2)cc1)C(=O)N1CC(=O)Nc2ccccc21. The molecule has 0 radical (unpaired) electrons. The van der Waals surface area contributed by atoms with Gasteiger partial charge in [0.05, 0.1) is 16.9 Å². The lowest BCUT2D eigenvalue weighted by Gasteiger charge is -2.30. The molecule has 1 aliphatic rings. The summed E-state index contributed by atoms with van der Waals surface area (Å²) in [4.78, 5) is 38.5. The van der Waals surface area contributed by atoms with E-state index in [1.165, 1.54) is 18.2 Å². The minimum Gasteiger partial charge on any atom is -0.449 e. The van der Waals surface area contributed by atoms with E-state index in [9.17, 15) is 14.4 Å². The van der Waals surface area contributed by atoms with E-state index in [1.807, 2.05) is 0 Å². The number of para-hydroxylation sites is 2. The summed E-state index contributed by atoms with van der Waals surface area (Å²) < 4.78 is 10.4. The maximum Gasteiger partial charge on any atom is 0.338 e. The summed E-state index contributed by atoms with van der Waals surface area (Å²) in [5.74, 6) is -1.12. The summed E-state index contributed by atoms with van der Waals surface area (Å²) >= 11 is 0. The fourth-order valence-electron chi connectivity index (χ4n) is 2.98. The number of amides is 2. The lowest BCUT2D eigenvalue weighted by Crippen LogP contribution is -2.47. The second kappa shape index (κ2) is 7.55. The van der Waals surface area contributed by atoms with Crippen LogP contribution in [0.5, 0.6) is 0 Å². The molecule has 0 bridgehead atoms. The molecular weight excluding hydrogens is 376 g/mol. The van der Waals surface area contributed by atoms with Gasteiger partial charge in [-0.2, -0.15) is 0 Å². The summed E-state index contributed by atoms with van der Waals surface area (Å²) in [6.07, 6.45) is 0.140. The van der Waals surface area contributed by atoms with Crippen LogP contribution in [0.4, 0.5) is 11.4 Å². The zero-order valence-corrected chi connectivity index (χ0v) is 15.4. The summed E-state index contributed by atoms with van der Waals surface area (Å²) in [5, 5.41) is 10.1. The van der Waals surface area contributed by atoms with Crippen LogP contribution < -0.4 is 10.2 Å². The normalized spacial score (nSPS) is 14.0. The smallest absolute Gasteiger partial charge is 0.338 e. The first-order valence-corrected chi connectivity index (χ1v) is 8.81. The van der Waals surface area contributed by atoms with E-state index in [4.69, 9.17) is 9.15 Å². The zero-order valence-electron chi connectivity index (χ0n) is 15.4. The van der Waals surface area contributed by atoms with Crippen LogP contribution >= 0.6 is 0 Å². The Hall–Kier alpha value is -4.01. The molecule has 146 valence electrons. The van der Waals surface area contributed by atoms with Gasteiger partial charge in [0.2, 0.25) is 18.2 Å². The average molecular weight is 392 g/mol. The molecule has 1 N–H and O–H groups in total. The van der Waals surface area contributed by atoms with Gasteiger partial charge in [0.1, 0.15) is 6.54 Å². The van der Waals surface area contributed by atoms with Crippen molar-refractivity contribution in [3.8, 4) is 11.5 Å². The van der Waals surface area contributed by atoms with Gasteiger partial charge in [-0.1, -0.05) is 12.1 Å². The molecule has 2 heterocycles. The molecule has 0 fully saturated rings. The minimum atomic E-state index is -1.07. The Kier molecular flexibility index (Phi) is 4.78. The molecule has 0 saturated heterocycles. The molecule has 2 amide bonds. The van der Waals surface area contributed by atoms with Crippen molar-refractivity contribution in [2.45, 2.75) is 13.0 Å². The van der Waals surface area contributed by atoms with Crippen LogP contribution in [0.25, 0.3) is 11.5 Å². The molecule has 0 unspecified atom stereocenters. The third-order valence-electron chi connectivity index (χ3n) is 4.40. The monoisotopic (exact) mass is 392 g/mol. The van der Waals surface area contributed by atoms with Gasteiger partial charge >= 0.3 is 5.97 Å². The van der Waals surface area contributed by atoms with Crippen LogP contribution in [0.2, 0.25) is 0 Å². The number of rotatable bonds is 4. The van der Waals surface area contributed by atoms with Crippen molar-refractivity contribution in [3.63, 3.8) is 0 Å². The van der Waals surface area contributed by atoms with Gasteiger partial charge in [-0.25, -0.2) is 4.79 Å². The first-order valence-electron chi connectivity index (χ1n) is 8.81. The highest BCUT2D eigenvalue weighted by Gasteiger charge is 2.31. The van der Waals surface area contributed by atoms with Crippen molar-refractivity contribution in [2.24, 2.45) is 0 Å². The maximum absolute atomic E-state index is 12.8. The molecule has 2 aromatic carbocycles. The number of hydrogen-bond acceptors (Lipinski definition) is 7. The largest absolute Gasteiger partial charge is 0.449 e. The van der Waals surface area contributed by atoms with Crippen molar-refractivity contribution >= 4 is 29.2 Å². The Morgan fingerprint density at radius 2 is 1.93 bits per heavy atom. The van der Waals surface area contributed by atoms with E-state index in [0.717, 1.165) is 0 Å². The first-order chi connectivity index (χ1) is 14.0. The molecule has 3 aromatic rings. The number of fused-ring (bicyclic) bond motifs is 1. The highest BCUT2D eigenvalue weighted by Crippen LogP contribution is 2.29. The van der Waals surface area contributed by atoms with Gasteiger partial charge in [0, 0.05) is 5.56 Å². The zero-order chi connectivity index (χ0) is 20.4. The molecule has 29 heavy (non-hydrogen) atoms. The molecule has 0 spiro atoms. The van der Waals surface area contributed by atoms with E-state index in [-0.39, 0.29) is 18.0 Å². The number of ether oxygens (including phenoxy) is 1. The fourth-order valence-corrected chi connectivity index (χ4v) is 2.98. The number of nitrogens with one attached hydrogen (secondary N) is 1. The van der Waals surface area contributed by atoms with Gasteiger partial charge in [-0.05, 0) is 43.3 Å². The van der Waals surface area contributed by atoms with E-state index in [0.29, 0.717) is 22.8 Å². The molecule has 9 nitrogen and oxygen atoms in total. The van der Waals surface area contributed by atoms with Gasteiger partial charge in [-0.15, -0.1) is 10.2 Å². The second-order valence-electron chi connectivity index (χ2n) is 6.36. The Bertz CT molecular complexity index is 1060. The summed E-state index contributed by atoms with van der Waals surface area (Å²) in [6, 6.07) is 13.3. The van der Waals surface area contributed by atoms with Crippen LogP contribution in [0.15, 0.2) is 59.3 Å². The highest BCUT2D eigenvalue weighted by molar-refractivity contribution is 6.11. The Morgan fingerprint density at radius 3 is 2.66 bits per heavy atom. The van der Waals surface area contributed by atoms with Gasteiger partial charge in [0.25, 0.3) is 5.91 Å². The molecule has 1 atom stereocenters. The molecule has 0 saturated carbocycles. The van der Waals surface area contributed by atoms with Crippen LogP contribution in [0.3, 0.4) is 0 Å². The standard InChI is InChI=1S/C20H16N4O5/c1-12(19(26)24-10-17(25)22-15-4-2-3-5-16(15)24)29-20(27)14-8-6-13(7-9-14)18-23-21-11-28-18/h2-9,11-12H,10H2,1H3,(H,22,25)/t12-/m1/s1. The Morgan fingerprint density at radius 1 is 1.17 bits per heavy atom. The third kappa shape index (κ3) is 3.70. The first kappa shape index (κ1) is 18.4. The maximum atomic E-state index is 12.8. The van der Waals surface area contributed by atoms with Crippen molar-refractivity contribution in [2.75, 3.05) is 16.8 Å². The molecular formula is C20H16N4O5. The second-order valence-corrected chi connectivity index (χ2v) is 6.36. The minimum absolute atomic E-state index is 0.142. The van der Waals surface area contributed by atoms with E-state index in [1.54, 1.807) is 48.5 Å². The summed E-state index contributed by atoms with van der Waals surface area (Å²) in [7, 11) is 0. The molecule has 9 heteroatoms. The summed E-state index contributed by atoms with van der Waals surface area (Å²) in [6.45, 7) is 1.33. The van der Waals surface area contributed by atoms with Crippen molar-refractivity contribution in [3.05, 3.63) is 60.5 Å². The number of hydrogen-bond donors (Lipinski definition) is 1. The fraction of sp³-hybridized carbons (Fsp3) is 0.150. The van der Waals surface area contributed by atoms with Gasteiger partial charge in [0.15, 0.2) is 6.10 Å². The molecule has 0 aliphatic carbocycles. The predicted octanol–water partition coefficient (Wildman–Crippen LogP) is 2.27. The van der Waals surface area contributed by atoms with E-state index in [2.05, 4.69) is 15.5 Å². The lowest BCUT2D eigenvalue weighted by molar-refractivity contribution is -0.128. The Labute approximate surface area is 165 Å². The number of esters is 1. The highest BCUT2D eigenvalue weighted by atomic mass is 16.5. The van der Waals surface area contributed by atoms with Crippen LogP contribution in [-0.4, -0.2) is 40.6 Å². The quantitative estimate of drug-likeness (QED) is 0.677. The number of nitrogens with zero attached hydrogens (tertiary/aromatic N) is 3. The number of carbonyl (C=O) groups excluding carboxylic acids is 3. The van der Waals surface area contributed by atoms with Crippen molar-refractivity contribution in [1.29, 1.82) is 0 Å². The van der Waals surface area contributed by atoms with E-state index >= 15 is 0 Å². The number of carbonyl (C=O) groups is 3. The summed E-state index contributed by atoms with van der Waals surface area (Å²) in [5.41, 5.74) is 2.01.